The Balaban J connectivity index is 1.98. The highest BCUT2D eigenvalue weighted by molar-refractivity contribution is 8.00. The average Bonchev–Trinajstić information content (AvgIpc) is 3.09. The Hall–Kier alpha value is -2.60. The second-order valence-corrected chi connectivity index (χ2v) is 10.0. The number of amides is 1. The van der Waals surface area contributed by atoms with Crippen molar-refractivity contribution in [2.45, 2.75) is 50.1 Å². The number of hydrogen-bond acceptors (Lipinski definition) is 4. The van der Waals surface area contributed by atoms with Gasteiger partial charge < -0.3 is 4.90 Å². The molecule has 6 heteroatoms. The zero-order chi connectivity index (χ0) is 21.9. The maximum atomic E-state index is 12.4. The Bertz CT molecular complexity index is 988. The molecule has 1 aromatic heterocycles. The van der Waals surface area contributed by atoms with Crippen LogP contribution in [0.2, 0.25) is 0 Å². The van der Waals surface area contributed by atoms with Crippen molar-refractivity contribution in [3.63, 3.8) is 0 Å². The lowest BCUT2D eigenvalue weighted by atomic mass is 9.87. The van der Waals surface area contributed by atoms with Crippen LogP contribution in [-0.4, -0.2) is 44.9 Å². The summed E-state index contributed by atoms with van der Waals surface area (Å²) in [5.74, 6) is 0.872. The SMILES string of the molecule is C[C@H](Sc1nnc(-c2ccc(C(C)(C)C)cc2)n1Cc1ccccc1)C(=O)N(C)C. The van der Waals surface area contributed by atoms with Crippen LogP contribution in [0.3, 0.4) is 0 Å². The predicted octanol–water partition coefficient (Wildman–Crippen LogP) is 4.86. The quantitative estimate of drug-likeness (QED) is 0.532. The lowest BCUT2D eigenvalue weighted by molar-refractivity contribution is -0.127. The number of nitrogens with zero attached hydrogens (tertiary/aromatic N) is 4. The maximum Gasteiger partial charge on any atom is 0.235 e. The third-order valence-corrected chi connectivity index (χ3v) is 6.05. The molecule has 3 aromatic rings. The molecule has 0 radical (unpaired) electrons. The second kappa shape index (κ2) is 9.04. The van der Waals surface area contributed by atoms with Crippen molar-refractivity contribution in [2.75, 3.05) is 14.1 Å². The molecule has 158 valence electrons. The van der Waals surface area contributed by atoms with E-state index in [4.69, 9.17) is 0 Å². The van der Waals surface area contributed by atoms with Gasteiger partial charge in [-0.2, -0.15) is 0 Å². The molecule has 0 unspecified atom stereocenters. The molecule has 1 amide bonds. The summed E-state index contributed by atoms with van der Waals surface area (Å²) in [5, 5.41) is 9.45. The van der Waals surface area contributed by atoms with Crippen LogP contribution in [0.1, 0.15) is 38.8 Å². The van der Waals surface area contributed by atoms with Crippen LogP contribution in [-0.2, 0) is 16.8 Å². The third kappa shape index (κ3) is 5.11. The molecule has 2 aromatic carbocycles. The smallest absolute Gasteiger partial charge is 0.235 e. The maximum absolute atomic E-state index is 12.4. The number of carbonyl (C=O) groups excluding carboxylic acids is 1. The van der Waals surface area contributed by atoms with Gasteiger partial charge in [-0.1, -0.05) is 87.1 Å². The molecule has 3 rings (SSSR count). The van der Waals surface area contributed by atoms with Gasteiger partial charge in [-0.25, -0.2) is 0 Å². The fourth-order valence-corrected chi connectivity index (χ4v) is 4.18. The molecule has 0 aliphatic carbocycles. The summed E-state index contributed by atoms with van der Waals surface area (Å²) in [7, 11) is 3.55. The summed E-state index contributed by atoms with van der Waals surface area (Å²) < 4.78 is 2.10. The van der Waals surface area contributed by atoms with Crippen LogP contribution in [0.5, 0.6) is 0 Å². The van der Waals surface area contributed by atoms with Gasteiger partial charge in [0, 0.05) is 19.7 Å². The van der Waals surface area contributed by atoms with Gasteiger partial charge in [0.25, 0.3) is 0 Å². The fraction of sp³-hybridized carbons (Fsp3) is 0.375. The summed E-state index contributed by atoms with van der Waals surface area (Å²) in [6.45, 7) is 9.18. The fourth-order valence-electron chi connectivity index (χ4n) is 3.19. The average molecular weight is 423 g/mol. The minimum Gasteiger partial charge on any atom is -0.348 e. The number of hydrogen-bond donors (Lipinski definition) is 0. The van der Waals surface area contributed by atoms with Crippen molar-refractivity contribution < 1.29 is 4.79 Å². The summed E-state index contributed by atoms with van der Waals surface area (Å²) in [5.41, 5.74) is 3.56. The lowest BCUT2D eigenvalue weighted by Crippen LogP contribution is -2.29. The van der Waals surface area contributed by atoms with Crippen molar-refractivity contribution in [3.05, 3.63) is 65.7 Å². The van der Waals surface area contributed by atoms with Gasteiger partial charge >= 0.3 is 0 Å². The van der Waals surface area contributed by atoms with Gasteiger partial charge in [0.1, 0.15) is 0 Å². The Morgan fingerprint density at radius 3 is 2.23 bits per heavy atom. The molecule has 0 aliphatic rings. The zero-order valence-electron chi connectivity index (χ0n) is 18.6. The van der Waals surface area contributed by atoms with Gasteiger partial charge in [0.15, 0.2) is 11.0 Å². The number of aromatic nitrogens is 3. The van der Waals surface area contributed by atoms with Crippen molar-refractivity contribution in [1.82, 2.24) is 19.7 Å². The van der Waals surface area contributed by atoms with Crippen LogP contribution < -0.4 is 0 Å². The van der Waals surface area contributed by atoms with Crippen molar-refractivity contribution in [3.8, 4) is 11.4 Å². The number of carbonyl (C=O) groups is 1. The van der Waals surface area contributed by atoms with Crippen LogP contribution in [0.25, 0.3) is 11.4 Å². The standard InChI is InChI=1S/C24H30N4OS/c1-17(22(29)27(5)6)30-23-26-25-21(28(23)16-18-10-8-7-9-11-18)19-12-14-20(15-13-19)24(2,3)4/h7-15,17H,16H2,1-6H3/t17-/m0/s1. The first kappa shape index (κ1) is 22.1. The van der Waals surface area contributed by atoms with Gasteiger partial charge in [0.05, 0.1) is 11.8 Å². The first-order chi connectivity index (χ1) is 14.2. The van der Waals surface area contributed by atoms with E-state index >= 15 is 0 Å². The number of rotatable bonds is 6. The van der Waals surface area contributed by atoms with Crippen molar-refractivity contribution in [1.29, 1.82) is 0 Å². The molecule has 0 spiro atoms. The van der Waals surface area contributed by atoms with Gasteiger partial charge in [-0.15, -0.1) is 10.2 Å². The largest absolute Gasteiger partial charge is 0.348 e. The zero-order valence-corrected chi connectivity index (χ0v) is 19.4. The molecular formula is C24H30N4OS. The van der Waals surface area contributed by atoms with Crippen molar-refractivity contribution >= 4 is 17.7 Å². The van der Waals surface area contributed by atoms with Gasteiger partial charge in [-0.3, -0.25) is 9.36 Å². The number of benzene rings is 2. The monoisotopic (exact) mass is 422 g/mol. The van der Waals surface area contributed by atoms with E-state index < -0.39 is 0 Å². The van der Waals surface area contributed by atoms with Crippen LogP contribution >= 0.6 is 11.8 Å². The minimum atomic E-state index is -0.241. The Morgan fingerprint density at radius 2 is 1.67 bits per heavy atom. The minimum absolute atomic E-state index is 0.0605. The van der Waals surface area contributed by atoms with Crippen molar-refractivity contribution in [2.24, 2.45) is 0 Å². The Morgan fingerprint density at radius 1 is 1.03 bits per heavy atom. The van der Waals surface area contributed by atoms with Crippen LogP contribution in [0.4, 0.5) is 0 Å². The van der Waals surface area contributed by atoms with E-state index in [-0.39, 0.29) is 16.6 Å². The molecule has 0 saturated heterocycles. The first-order valence-corrected chi connectivity index (χ1v) is 11.0. The normalized spacial score (nSPS) is 12.6. The molecule has 5 nitrogen and oxygen atoms in total. The highest BCUT2D eigenvalue weighted by Gasteiger charge is 2.22. The third-order valence-electron chi connectivity index (χ3n) is 4.98. The van der Waals surface area contributed by atoms with E-state index in [0.29, 0.717) is 6.54 Å². The highest BCUT2D eigenvalue weighted by atomic mass is 32.2. The van der Waals surface area contributed by atoms with E-state index in [0.717, 1.165) is 16.5 Å². The van der Waals surface area contributed by atoms with Gasteiger partial charge in [-0.05, 0) is 23.5 Å². The molecule has 1 atom stereocenters. The topological polar surface area (TPSA) is 51.0 Å². The molecule has 0 aliphatic heterocycles. The van der Waals surface area contributed by atoms with E-state index in [2.05, 4.69) is 71.9 Å². The predicted molar refractivity (Wildman–Crippen MR) is 124 cm³/mol. The van der Waals surface area contributed by atoms with E-state index in [1.807, 2.05) is 25.1 Å². The lowest BCUT2D eigenvalue weighted by Gasteiger charge is -2.19. The molecule has 0 N–H and O–H groups in total. The summed E-state index contributed by atoms with van der Waals surface area (Å²) in [4.78, 5) is 14.0. The Kier molecular flexibility index (Phi) is 6.66. The highest BCUT2D eigenvalue weighted by Crippen LogP contribution is 2.30. The molecule has 0 fully saturated rings. The van der Waals surface area contributed by atoms with E-state index in [1.54, 1.807) is 19.0 Å². The first-order valence-electron chi connectivity index (χ1n) is 10.1. The summed E-state index contributed by atoms with van der Waals surface area (Å²) >= 11 is 1.45. The van der Waals surface area contributed by atoms with E-state index in [1.165, 1.54) is 22.9 Å². The summed E-state index contributed by atoms with van der Waals surface area (Å²) in [6, 6.07) is 18.8. The summed E-state index contributed by atoms with van der Waals surface area (Å²) in [6.07, 6.45) is 0. The van der Waals surface area contributed by atoms with Crippen LogP contribution in [0.15, 0.2) is 59.8 Å². The molecule has 30 heavy (non-hydrogen) atoms. The molecule has 1 heterocycles. The van der Waals surface area contributed by atoms with E-state index in [9.17, 15) is 4.79 Å². The number of thioether (sulfide) groups is 1. The Labute approximate surface area is 183 Å². The molecule has 0 bridgehead atoms. The van der Waals surface area contributed by atoms with Crippen LogP contribution in [0, 0.1) is 0 Å². The molecular weight excluding hydrogens is 392 g/mol. The molecule has 0 saturated carbocycles. The van der Waals surface area contributed by atoms with Gasteiger partial charge in [0.2, 0.25) is 5.91 Å². The second-order valence-electron chi connectivity index (χ2n) is 8.70.